The van der Waals surface area contributed by atoms with E-state index in [0.29, 0.717) is 22.3 Å². The first-order valence-corrected chi connectivity index (χ1v) is 6.58. The van der Waals surface area contributed by atoms with Crippen molar-refractivity contribution in [2.24, 2.45) is 5.92 Å². The SMILES string of the molecule is Cc1cc(C(=O)N[C@H](C(=O)O)C(C)C)c2c(C)noc2n1. The number of carbonyl (C=O) groups is 2. The number of aromatic nitrogens is 2. The molecule has 0 saturated heterocycles. The van der Waals surface area contributed by atoms with Gasteiger partial charge in [-0.05, 0) is 25.8 Å². The van der Waals surface area contributed by atoms with Crippen molar-refractivity contribution >= 4 is 23.0 Å². The molecule has 2 aromatic rings. The monoisotopic (exact) mass is 291 g/mol. The number of hydrogen-bond donors (Lipinski definition) is 2. The Balaban J connectivity index is 2.44. The van der Waals surface area contributed by atoms with Crippen LogP contribution in [0.2, 0.25) is 0 Å². The average Bonchev–Trinajstić information content (AvgIpc) is 2.75. The summed E-state index contributed by atoms with van der Waals surface area (Å²) in [6.45, 7) is 6.90. The Morgan fingerprint density at radius 2 is 2.00 bits per heavy atom. The van der Waals surface area contributed by atoms with Crippen LogP contribution in [0.3, 0.4) is 0 Å². The van der Waals surface area contributed by atoms with Gasteiger partial charge in [-0.15, -0.1) is 0 Å². The van der Waals surface area contributed by atoms with E-state index in [9.17, 15) is 9.59 Å². The molecule has 0 aliphatic heterocycles. The zero-order valence-corrected chi connectivity index (χ0v) is 12.3. The number of carboxylic acid groups (broad SMARTS) is 1. The molecule has 7 heteroatoms. The molecule has 0 bridgehead atoms. The molecule has 1 amide bonds. The molecule has 2 heterocycles. The Morgan fingerprint density at radius 1 is 1.33 bits per heavy atom. The van der Waals surface area contributed by atoms with Crippen molar-refractivity contribution in [2.75, 3.05) is 0 Å². The minimum atomic E-state index is -1.07. The number of amides is 1. The van der Waals surface area contributed by atoms with Gasteiger partial charge in [-0.1, -0.05) is 19.0 Å². The van der Waals surface area contributed by atoms with Crippen molar-refractivity contribution in [3.63, 3.8) is 0 Å². The molecule has 0 unspecified atom stereocenters. The van der Waals surface area contributed by atoms with Gasteiger partial charge in [0.15, 0.2) is 0 Å². The number of aliphatic carboxylic acids is 1. The minimum absolute atomic E-state index is 0.228. The second-order valence-electron chi connectivity index (χ2n) is 5.29. The van der Waals surface area contributed by atoms with Crippen molar-refractivity contribution in [3.8, 4) is 0 Å². The lowest BCUT2D eigenvalue weighted by Gasteiger charge is -2.18. The third-order valence-electron chi connectivity index (χ3n) is 3.21. The molecule has 2 N–H and O–H groups in total. The van der Waals surface area contributed by atoms with Crippen molar-refractivity contribution in [1.29, 1.82) is 0 Å². The second-order valence-corrected chi connectivity index (χ2v) is 5.29. The van der Waals surface area contributed by atoms with Crippen LogP contribution in [0.1, 0.15) is 35.6 Å². The predicted octanol–water partition coefficient (Wildman–Crippen LogP) is 1.68. The number of aryl methyl sites for hydroxylation is 2. The fourth-order valence-electron chi connectivity index (χ4n) is 2.13. The lowest BCUT2D eigenvalue weighted by molar-refractivity contribution is -0.140. The molecule has 21 heavy (non-hydrogen) atoms. The van der Waals surface area contributed by atoms with Crippen LogP contribution in [0, 0.1) is 19.8 Å². The molecule has 0 aromatic carbocycles. The smallest absolute Gasteiger partial charge is 0.326 e. The summed E-state index contributed by atoms with van der Waals surface area (Å²) in [5.74, 6) is -1.77. The average molecular weight is 291 g/mol. The third-order valence-corrected chi connectivity index (χ3v) is 3.21. The quantitative estimate of drug-likeness (QED) is 0.887. The molecule has 7 nitrogen and oxygen atoms in total. The second kappa shape index (κ2) is 5.51. The minimum Gasteiger partial charge on any atom is -0.480 e. The summed E-state index contributed by atoms with van der Waals surface area (Å²) >= 11 is 0. The van der Waals surface area contributed by atoms with Crippen molar-refractivity contribution in [2.45, 2.75) is 33.7 Å². The van der Waals surface area contributed by atoms with Crippen LogP contribution >= 0.6 is 0 Å². The van der Waals surface area contributed by atoms with Gasteiger partial charge in [0.2, 0.25) is 0 Å². The van der Waals surface area contributed by atoms with Crippen LogP contribution < -0.4 is 5.32 Å². The molecule has 1 atom stereocenters. The van der Waals surface area contributed by atoms with E-state index < -0.39 is 17.9 Å². The van der Waals surface area contributed by atoms with Gasteiger partial charge >= 0.3 is 5.97 Å². The summed E-state index contributed by atoms with van der Waals surface area (Å²) in [6.07, 6.45) is 0. The molecule has 0 aliphatic rings. The summed E-state index contributed by atoms with van der Waals surface area (Å²) in [6, 6.07) is 0.641. The molecule has 0 saturated carbocycles. The maximum absolute atomic E-state index is 12.4. The van der Waals surface area contributed by atoms with Crippen LogP contribution in [0.25, 0.3) is 11.1 Å². The molecule has 0 radical (unpaired) electrons. The van der Waals surface area contributed by atoms with E-state index in [1.807, 2.05) is 0 Å². The Labute approximate surface area is 121 Å². The van der Waals surface area contributed by atoms with Crippen LogP contribution in [-0.2, 0) is 4.79 Å². The Hall–Kier alpha value is -2.44. The number of hydrogen-bond acceptors (Lipinski definition) is 5. The topological polar surface area (TPSA) is 105 Å². The van der Waals surface area contributed by atoms with E-state index in [4.69, 9.17) is 9.63 Å². The lowest BCUT2D eigenvalue weighted by Crippen LogP contribution is -2.44. The summed E-state index contributed by atoms with van der Waals surface area (Å²) < 4.78 is 5.06. The summed E-state index contributed by atoms with van der Waals surface area (Å²) in [4.78, 5) is 27.8. The van der Waals surface area contributed by atoms with Gasteiger partial charge < -0.3 is 14.9 Å². The van der Waals surface area contributed by atoms with Gasteiger partial charge in [0, 0.05) is 5.69 Å². The van der Waals surface area contributed by atoms with E-state index >= 15 is 0 Å². The summed E-state index contributed by atoms with van der Waals surface area (Å²) in [7, 11) is 0. The molecule has 2 aromatic heterocycles. The summed E-state index contributed by atoms with van der Waals surface area (Å²) in [5, 5.41) is 16.0. The van der Waals surface area contributed by atoms with E-state index in [-0.39, 0.29) is 11.6 Å². The number of rotatable bonds is 4. The van der Waals surface area contributed by atoms with Gasteiger partial charge in [-0.3, -0.25) is 4.79 Å². The maximum Gasteiger partial charge on any atom is 0.326 e. The molecular weight excluding hydrogens is 274 g/mol. The highest BCUT2D eigenvalue weighted by Crippen LogP contribution is 2.22. The van der Waals surface area contributed by atoms with E-state index in [1.54, 1.807) is 33.8 Å². The zero-order valence-electron chi connectivity index (χ0n) is 12.3. The number of nitrogens with zero attached hydrogens (tertiary/aromatic N) is 2. The first-order valence-electron chi connectivity index (χ1n) is 6.58. The van der Waals surface area contributed by atoms with Crippen LogP contribution in [0.15, 0.2) is 10.6 Å². The normalized spacial score (nSPS) is 12.6. The Morgan fingerprint density at radius 3 is 2.57 bits per heavy atom. The van der Waals surface area contributed by atoms with Crippen LogP contribution in [0.4, 0.5) is 0 Å². The van der Waals surface area contributed by atoms with Gasteiger partial charge in [0.25, 0.3) is 11.6 Å². The van der Waals surface area contributed by atoms with Gasteiger partial charge in [-0.2, -0.15) is 0 Å². The summed E-state index contributed by atoms with van der Waals surface area (Å²) in [5.41, 5.74) is 1.73. The van der Waals surface area contributed by atoms with E-state index in [2.05, 4.69) is 15.5 Å². The zero-order chi connectivity index (χ0) is 15.7. The van der Waals surface area contributed by atoms with Crippen LogP contribution in [0.5, 0.6) is 0 Å². The van der Waals surface area contributed by atoms with Gasteiger partial charge in [-0.25, -0.2) is 9.78 Å². The van der Waals surface area contributed by atoms with Crippen molar-refractivity contribution in [1.82, 2.24) is 15.5 Å². The number of carboxylic acids is 1. The van der Waals surface area contributed by atoms with Crippen LogP contribution in [-0.4, -0.2) is 33.2 Å². The molecule has 0 fully saturated rings. The predicted molar refractivity (Wildman–Crippen MR) is 75.0 cm³/mol. The fourth-order valence-corrected chi connectivity index (χ4v) is 2.13. The van der Waals surface area contributed by atoms with E-state index in [1.165, 1.54) is 0 Å². The molecule has 112 valence electrons. The first-order chi connectivity index (χ1) is 9.81. The maximum atomic E-state index is 12.4. The number of nitrogens with one attached hydrogen (secondary N) is 1. The highest BCUT2D eigenvalue weighted by molar-refractivity contribution is 6.07. The molecular formula is C14H17N3O4. The number of fused-ring (bicyclic) bond motifs is 1. The highest BCUT2D eigenvalue weighted by Gasteiger charge is 2.26. The van der Waals surface area contributed by atoms with Gasteiger partial charge in [0.1, 0.15) is 6.04 Å². The van der Waals surface area contributed by atoms with Crippen molar-refractivity contribution < 1.29 is 19.2 Å². The fraction of sp³-hybridized carbons (Fsp3) is 0.429. The lowest BCUT2D eigenvalue weighted by atomic mass is 10.0. The largest absolute Gasteiger partial charge is 0.480 e. The van der Waals surface area contributed by atoms with Crippen molar-refractivity contribution in [3.05, 3.63) is 23.0 Å². The molecule has 0 spiro atoms. The molecule has 2 rings (SSSR count). The number of pyridine rings is 1. The standard InChI is InChI=1S/C14H17N3O4/c1-6(2)11(14(19)20)16-12(18)9-5-7(3)15-13-10(9)8(4)17-21-13/h5-6,11H,1-4H3,(H,16,18)(H,19,20)/t11-/m0/s1. The molecule has 0 aliphatic carbocycles. The first kappa shape index (κ1) is 15.0. The van der Waals surface area contributed by atoms with E-state index in [0.717, 1.165) is 0 Å². The Bertz CT molecular complexity index is 706. The highest BCUT2D eigenvalue weighted by atomic mass is 16.5. The number of carbonyl (C=O) groups excluding carboxylic acids is 1. The third kappa shape index (κ3) is 2.86. The Kier molecular flexibility index (Phi) is 3.93. The van der Waals surface area contributed by atoms with Gasteiger partial charge in [0.05, 0.1) is 16.6 Å².